The maximum Gasteiger partial charge on any atom is 0.170 e. The van der Waals surface area contributed by atoms with E-state index >= 15 is 0 Å². The van der Waals surface area contributed by atoms with Gasteiger partial charge in [0.2, 0.25) is 0 Å². The van der Waals surface area contributed by atoms with E-state index in [1.165, 1.54) is 0 Å². The molecule has 21 heavy (non-hydrogen) atoms. The highest BCUT2D eigenvalue weighted by Gasteiger charge is 2.10. The molecule has 5 heteroatoms. The van der Waals surface area contributed by atoms with Crippen LogP contribution >= 0.6 is 11.6 Å². The number of nitrogens with two attached hydrogens (primary N) is 1. The second kappa shape index (κ2) is 5.97. The van der Waals surface area contributed by atoms with Crippen LogP contribution in [0, 0.1) is 0 Å². The Morgan fingerprint density at radius 2 is 1.86 bits per heavy atom. The molecule has 0 saturated carbocycles. The molecular formula is C16H14ClN3O. The quantitative estimate of drug-likeness (QED) is 0.747. The van der Waals surface area contributed by atoms with Crippen molar-refractivity contribution in [1.82, 2.24) is 10.1 Å². The number of halogens is 1. The van der Waals surface area contributed by atoms with E-state index in [4.69, 9.17) is 21.9 Å². The summed E-state index contributed by atoms with van der Waals surface area (Å²) in [5.41, 5.74) is 9.70. The summed E-state index contributed by atoms with van der Waals surface area (Å²) in [5.74, 6) is 1.59. The summed E-state index contributed by atoms with van der Waals surface area (Å²) in [5, 5.41) is 4.09. The summed E-state index contributed by atoms with van der Waals surface area (Å²) in [7, 11) is 0. The molecule has 2 aromatic heterocycles. The summed E-state index contributed by atoms with van der Waals surface area (Å²) in [4.78, 5) is 4.05. The molecule has 0 amide bonds. The van der Waals surface area contributed by atoms with Gasteiger partial charge < -0.3 is 10.3 Å². The van der Waals surface area contributed by atoms with Gasteiger partial charge in [0.1, 0.15) is 5.82 Å². The van der Waals surface area contributed by atoms with Crippen molar-refractivity contribution in [3.05, 3.63) is 65.5 Å². The van der Waals surface area contributed by atoms with Gasteiger partial charge >= 0.3 is 0 Å². The van der Waals surface area contributed by atoms with E-state index in [0.29, 0.717) is 23.9 Å². The van der Waals surface area contributed by atoms with Gasteiger partial charge in [-0.05, 0) is 23.3 Å². The van der Waals surface area contributed by atoms with Crippen molar-refractivity contribution in [2.75, 3.05) is 5.73 Å². The number of nitrogens with zero attached hydrogens (tertiary/aromatic N) is 2. The Kier molecular flexibility index (Phi) is 3.88. The van der Waals surface area contributed by atoms with Crippen molar-refractivity contribution in [3.63, 3.8) is 0 Å². The molecule has 3 aromatic rings. The first-order valence-corrected chi connectivity index (χ1v) is 7.10. The Bertz CT molecular complexity index is 737. The fourth-order valence-corrected chi connectivity index (χ4v) is 2.28. The molecule has 0 atom stereocenters. The van der Waals surface area contributed by atoms with Gasteiger partial charge in [0.05, 0.1) is 11.3 Å². The van der Waals surface area contributed by atoms with Crippen LogP contribution in [0.4, 0.5) is 5.82 Å². The fourth-order valence-electron chi connectivity index (χ4n) is 2.10. The molecule has 0 fully saturated rings. The predicted octanol–water partition coefficient (Wildman–Crippen LogP) is 3.65. The van der Waals surface area contributed by atoms with E-state index in [9.17, 15) is 0 Å². The van der Waals surface area contributed by atoms with E-state index in [1.54, 1.807) is 6.20 Å². The van der Waals surface area contributed by atoms with Crippen molar-refractivity contribution in [3.8, 4) is 11.3 Å². The van der Waals surface area contributed by atoms with Crippen LogP contribution in [0.1, 0.15) is 16.8 Å². The number of aromatic nitrogens is 2. The number of benzene rings is 1. The molecule has 2 N–H and O–H groups in total. The van der Waals surface area contributed by atoms with Gasteiger partial charge in [-0.3, -0.25) is 0 Å². The van der Waals surface area contributed by atoms with Crippen LogP contribution in [0.5, 0.6) is 0 Å². The van der Waals surface area contributed by atoms with E-state index < -0.39 is 0 Å². The lowest BCUT2D eigenvalue weighted by Gasteiger charge is -1.99. The van der Waals surface area contributed by atoms with Crippen LogP contribution < -0.4 is 5.73 Å². The lowest BCUT2D eigenvalue weighted by atomic mass is 10.1. The van der Waals surface area contributed by atoms with Crippen molar-refractivity contribution < 1.29 is 4.52 Å². The van der Waals surface area contributed by atoms with Crippen molar-refractivity contribution >= 4 is 17.4 Å². The smallest absolute Gasteiger partial charge is 0.170 e. The molecule has 0 aliphatic rings. The molecule has 0 bridgehead atoms. The van der Waals surface area contributed by atoms with Crippen LogP contribution in [-0.4, -0.2) is 10.1 Å². The molecule has 0 saturated heterocycles. The molecule has 0 aliphatic carbocycles. The number of nitrogen functional groups attached to an aromatic ring is 1. The summed E-state index contributed by atoms with van der Waals surface area (Å²) in [6.45, 7) is 0. The van der Waals surface area contributed by atoms with Crippen LogP contribution in [0.2, 0.25) is 0 Å². The van der Waals surface area contributed by atoms with Crippen LogP contribution in [-0.2, 0) is 12.3 Å². The minimum absolute atomic E-state index is 0.437. The van der Waals surface area contributed by atoms with E-state index in [1.807, 2.05) is 42.5 Å². The zero-order valence-corrected chi connectivity index (χ0v) is 12.0. The predicted molar refractivity (Wildman–Crippen MR) is 83.0 cm³/mol. The van der Waals surface area contributed by atoms with Crippen molar-refractivity contribution in [2.45, 2.75) is 12.3 Å². The number of anilines is 1. The SMILES string of the molecule is Nc1ncccc1-c1cc(Cc2ccc(CCl)cc2)no1. The summed E-state index contributed by atoms with van der Waals surface area (Å²) in [6.07, 6.45) is 2.35. The Morgan fingerprint density at radius 3 is 2.57 bits per heavy atom. The molecule has 1 aromatic carbocycles. The molecule has 3 rings (SSSR count). The first-order valence-electron chi connectivity index (χ1n) is 6.56. The molecule has 0 spiro atoms. The topological polar surface area (TPSA) is 64.9 Å². The van der Waals surface area contributed by atoms with Gasteiger partial charge in [-0.15, -0.1) is 11.6 Å². The minimum Gasteiger partial charge on any atom is -0.383 e. The van der Waals surface area contributed by atoms with Gasteiger partial charge in [0.25, 0.3) is 0 Å². The van der Waals surface area contributed by atoms with Gasteiger partial charge in [-0.25, -0.2) is 4.98 Å². The Morgan fingerprint density at radius 1 is 1.10 bits per heavy atom. The summed E-state index contributed by atoms with van der Waals surface area (Å²) in [6, 6.07) is 13.7. The molecule has 0 radical (unpaired) electrons. The average Bonchev–Trinajstić information content (AvgIpc) is 2.97. The van der Waals surface area contributed by atoms with Crippen molar-refractivity contribution in [2.24, 2.45) is 0 Å². The number of hydrogen-bond acceptors (Lipinski definition) is 4. The monoisotopic (exact) mass is 299 g/mol. The third kappa shape index (κ3) is 3.06. The maximum atomic E-state index is 5.83. The molecule has 2 heterocycles. The number of alkyl halides is 1. The summed E-state index contributed by atoms with van der Waals surface area (Å²) < 4.78 is 5.36. The molecule has 4 nitrogen and oxygen atoms in total. The van der Waals surface area contributed by atoms with Crippen LogP contribution in [0.25, 0.3) is 11.3 Å². The zero-order valence-electron chi connectivity index (χ0n) is 11.3. The van der Waals surface area contributed by atoms with Gasteiger partial charge in [-0.2, -0.15) is 0 Å². The molecule has 106 valence electrons. The Labute approximate surface area is 127 Å². The zero-order chi connectivity index (χ0) is 14.7. The highest BCUT2D eigenvalue weighted by molar-refractivity contribution is 6.17. The Hall–Kier alpha value is -2.33. The highest BCUT2D eigenvalue weighted by atomic mass is 35.5. The first kappa shape index (κ1) is 13.6. The highest BCUT2D eigenvalue weighted by Crippen LogP contribution is 2.25. The fraction of sp³-hybridized carbons (Fsp3) is 0.125. The standard InChI is InChI=1S/C16H14ClN3O/c17-10-12-5-3-11(4-6-12)8-13-9-15(21-20-13)14-2-1-7-19-16(14)18/h1-7,9H,8,10H2,(H2,18,19). The van der Waals surface area contributed by atoms with E-state index in [2.05, 4.69) is 10.1 Å². The maximum absolute atomic E-state index is 5.83. The van der Waals surface area contributed by atoms with Crippen LogP contribution in [0.15, 0.2) is 53.2 Å². The third-order valence-corrected chi connectivity index (χ3v) is 3.53. The van der Waals surface area contributed by atoms with Crippen molar-refractivity contribution in [1.29, 1.82) is 0 Å². The lowest BCUT2D eigenvalue weighted by Crippen LogP contribution is -1.92. The third-order valence-electron chi connectivity index (χ3n) is 3.23. The second-order valence-corrected chi connectivity index (χ2v) is 5.01. The van der Waals surface area contributed by atoms with E-state index in [-0.39, 0.29) is 0 Å². The largest absolute Gasteiger partial charge is 0.383 e. The van der Waals surface area contributed by atoms with Gasteiger partial charge in [0, 0.05) is 24.6 Å². The number of rotatable bonds is 4. The lowest BCUT2D eigenvalue weighted by molar-refractivity contribution is 0.425. The van der Waals surface area contributed by atoms with Gasteiger partial charge in [0.15, 0.2) is 5.76 Å². The minimum atomic E-state index is 0.437. The number of hydrogen-bond donors (Lipinski definition) is 1. The average molecular weight is 300 g/mol. The summed E-state index contributed by atoms with van der Waals surface area (Å²) >= 11 is 5.78. The molecule has 0 unspecified atom stereocenters. The first-order chi connectivity index (χ1) is 10.3. The normalized spacial score (nSPS) is 10.7. The molecular weight excluding hydrogens is 286 g/mol. The second-order valence-electron chi connectivity index (χ2n) is 4.75. The van der Waals surface area contributed by atoms with E-state index in [0.717, 1.165) is 22.4 Å². The Balaban J connectivity index is 1.80. The molecule has 0 aliphatic heterocycles. The number of pyridine rings is 1. The van der Waals surface area contributed by atoms with Gasteiger partial charge in [-0.1, -0.05) is 29.4 Å². The van der Waals surface area contributed by atoms with Crippen LogP contribution in [0.3, 0.4) is 0 Å².